The molecule has 0 radical (unpaired) electrons. The molecule has 0 aromatic rings. The zero-order valence-electron chi connectivity index (χ0n) is 49.1. The molecule has 0 heterocycles. The van der Waals surface area contributed by atoms with Gasteiger partial charge < -0.3 is 19.8 Å². The second kappa shape index (κ2) is 55.2. The lowest BCUT2D eigenvalue weighted by Gasteiger charge is -2.26. The quantitative estimate of drug-likeness (QED) is 0.0243. The highest BCUT2D eigenvalue weighted by Gasteiger charge is 2.28. The molecule has 3 N–H and O–H groups in total. The molecule has 8 nitrogen and oxygen atoms in total. The van der Waals surface area contributed by atoms with Crippen molar-refractivity contribution in [1.82, 2.24) is 5.32 Å². The smallest absolute Gasteiger partial charge is 0.391 e. The van der Waals surface area contributed by atoms with Crippen LogP contribution in [0.25, 0.3) is 0 Å². The molecule has 0 rings (SSSR count). The predicted octanol–water partition coefficient (Wildman–Crippen LogP) is 19.5. The molecular formula is C64H124N2O6P+. The average Bonchev–Trinajstić information content (AvgIpc) is 3.35. The van der Waals surface area contributed by atoms with E-state index < -0.39 is 20.0 Å². The van der Waals surface area contributed by atoms with E-state index in [2.05, 4.69) is 67.8 Å². The van der Waals surface area contributed by atoms with Crippen molar-refractivity contribution in [3.63, 3.8) is 0 Å². The third kappa shape index (κ3) is 58.0. The number of phosphoric acid groups is 1. The van der Waals surface area contributed by atoms with Gasteiger partial charge in [0.05, 0.1) is 39.9 Å². The number of carbonyl (C=O) groups is 1. The SMILES string of the molecule is CC/C=C\C/C=C\C/C=C\C/C=C\CCCCCCCCCCC(=O)NC(COP(=O)(O)OCC[N+](C)(C)C)C(O)CCCCCCCCCCCCCCCCCCCCCCCCCCCCCCCC. The summed E-state index contributed by atoms with van der Waals surface area (Å²) in [6, 6.07) is -0.768. The van der Waals surface area contributed by atoms with Crippen LogP contribution in [-0.4, -0.2) is 73.4 Å². The summed E-state index contributed by atoms with van der Waals surface area (Å²) in [5, 5.41) is 14.1. The Kier molecular flexibility index (Phi) is 54.1. The van der Waals surface area contributed by atoms with Crippen LogP contribution in [0.4, 0.5) is 0 Å². The van der Waals surface area contributed by atoms with E-state index in [1.54, 1.807) is 0 Å². The molecule has 0 fully saturated rings. The summed E-state index contributed by atoms with van der Waals surface area (Å²) in [6.45, 7) is 4.81. The number of aliphatic hydroxyl groups excluding tert-OH is 1. The largest absolute Gasteiger partial charge is 0.472 e. The molecule has 3 unspecified atom stereocenters. The van der Waals surface area contributed by atoms with Crippen molar-refractivity contribution in [1.29, 1.82) is 0 Å². The van der Waals surface area contributed by atoms with Crippen LogP contribution in [0.5, 0.6) is 0 Å². The predicted molar refractivity (Wildman–Crippen MR) is 318 cm³/mol. The lowest BCUT2D eigenvalue weighted by atomic mass is 10.0. The highest BCUT2D eigenvalue weighted by atomic mass is 31.2. The summed E-state index contributed by atoms with van der Waals surface area (Å²) in [7, 11) is 1.61. The normalized spacial score (nSPS) is 14.1. The number of aliphatic hydroxyl groups is 1. The third-order valence-corrected chi connectivity index (χ3v) is 15.3. The Labute approximate surface area is 454 Å². The fourth-order valence-corrected chi connectivity index (χ4v) is 10.2. The molecular weight excluding hydrogens is 924 g/mol. The van der Waals surface area contributed by atoms with E-state index in [9.17, 15) is 19.4 Å². The number of nitrogens with zero attached hydrogens (tertiary/aromatic N) is 1. The van der Waals surface area contributed by atoms with Gasteiger partial charge in [-0.15, -0.1) is 0 Å². The lowest BCUT2D eigenvalue weighted by molar-refractivity contribution is -0.870. The molecule has 0 saturated carbocycles. The highest BCUT2D eigenvalue weighted by Crippen LogP contribution is 2.43. The summed E-state index contributed by atoms with van der Waals surface area (Å²) in [6.07, 6.45) is 73.3. The Morgan fingerprint density at radius 1 is 0.479 bits per heavy atom. The second-order valence-corrected chi connectivity index (χ2v) is 24.2. The standard InChI is InChI=1S/C64H123N2O6P/c1-6-8-10-12-14-16-18-20-22-24-26-28-29-30-31-32-33-34-35-36-38-39-41-43-45-47-49-51-53-55-57-63(67)62(61-72-73(69,70)71-60-59-66(3,4)5)65-64(68)58-56-54-52-50-48-46-44-42-40-37-27-25-23-21-19-17-15-13-11-9-7-2/h9,11,15,17,21,23,27,37,62-63,67H,6-8,10,12-14,16,18-20,22,24-26,28-36,38-61H2,1-5H3,(H-,65,68,69,70)/p+1/b11-9-,17-15-,23-21-,37-27-. The maximum absolute atomic E-state index is 13.0. The van der Waals surface area contributed by atoms with Crippen LogP contribution in [0.15, 0.2) is 48.6 Å². The summed E-state index contributed by atoms with van der Waals surface area (Å²) in [5.74, 6) is -0.150. The van der Waals surface area contributed by atoms with E-state index in [4.69, 9.17) is 9.05 Å². The maximum Gasteiger partial charge on any atom is 0.472 e. The van der Waals surface area contributed by atoms with Crippen LogP contribution in [0.2, 0.25) is 0 Å². The van der Waals surface area contributed by atoms with Gasteiger partial charge in [0, 0.05) is 6.42 Å². The number of quaternary nitrogens is 1. The lowest BCUT2D eigenvalue weighted by Crippen LogP contribution is -2.46. The van der Waals surface area contributed by atoms with E-state index in [1.807, 2.05) is 21.1 Å². The van der Waals surface area contributed by atoms with E-state index in [-0.39, 0.29) is 19.1 Å². The molecule has 0 aliphatic heterocycles. The third-order valence-electron chi connectivity index (χ3n) is 14.3. The topological polar surface area (TPSA) is 105 Å². The Morgan fingerprint density at radius 3 is 1.21 bits per heavy atom. The first-order chi connectivity index (χ1) is 35.5. The van der Waals surface area contributed by atoms with Gasteiger partial charge in [-0.05, 0) is 51.4 Å². The van der Waals surface area contributed by atoms with Crippen molar-refractivity contribution >= 4 is 13.7 Å². The van der Waals surface area contributed by atoms with Crippen molar-refractivity contribution < 1.29 is 32.9 Å². The van der Waals surface area contributed by atoms with Gasteiger partial charge in [-0.25, -0.2) is 4.57 Å². The molecule has 0 spiro atoms. The molecule has 0 bridgehead atoms. The van der Waals surface area contributed by atoms with Crippen molar-refractivity contribution in [3.8, 4) is 0 Å². The zero-order valence-corrected chi connectivity index (χ0v) is 50.0. The molecule has 73 heavy (non-hydrogen) atoms. The van der Waals surface area contributed by atoms with Crippen LogP contribution in [0, 0.1) is 0 Å². The van der Waals surface area contributed by atoms with Crippen LogP contribution < -0.4 is 5.32 Å². The number of allylic oxidation sites excluding steroid dienone is 8. The van der Waals surface area contributed by atoms with Gasteiger partial charge in [-0.2, -0.15) is 0 Å². The minimum Gasteiger partial charge on any atom is -0.391 e. The first-order valence-corrected chi connectivity index (χ1v) is 33.0. The van der Waals surface area contributed by atoms with Crippen LogP contribution >= 0.6 is 7.82 Å². The zero-order chi connectivity index (χ0) is 53.5. The number of phosphoric ester groups is 1. The number of rotatable bonds is 58. The summed E-state index contributed by atoms with van der Waals surface area (Å²) < 4.78 is 23.8. The van der Waals surface area contributed by atoms with E-state index >= 15 is 0 Å². The molecule has 0 aliphatic carbocycles. The van der Waals surface area contributed by atoms with Crippen LogP contribution in [0.1, 0.15) is 303 Å². The molecule has 0 aromatic heterocycles. The van der Waals surface area contributed by atoms with Crippen molar-refractivity contribution in [2.45, 2.75) is 315 Å². The molecule has 430 valence electrons. The Morgan fingerprint density at radius 2 is 0.822 bits per heavy atom. The fraction of sp³-hybridized carbons (Fsp3) is 0.859. The minimum atomic E-state index is -4.33. The number of unbranched alkanes of at least 4 members (excludes halogenated alkanes) is 37. The first-order valence-electron chi connectivity index (χ1n) is 31.5. The molecule has 1 amide bonds. The van der Waals surface area contributed by atoms with Gasteiger partial charge in [-0.1, -0.05) is 294 Å². The Bertz CT molecular complexity index is 1330. The van der Waals surface area contributed by atoms with Crippen LogP contribution in [0.3, 0.4) is 0 Å². The highest BCUT2D eigenvalue weighted by molar-refractivity contribution is 7.47. The van der Waals surface area contributed by atoms with Gasteiger partial charge >= 0.3 is 7.82 Å². The first kappa shape index (κ1) is 71.5. The summed E-state index contributed by atoms with van der Waals surface area (Å²) in [5.41, 5.74) is 0. The van der Waals surface area contributed by atoms with E-state index in [0.717, 1.165) is 70.6 Å². The van der Waals surface area contributed by atoms with Gasteiger partial charge in [0.25, 0.3) is 0 Å². The Balaban J connectivity index is 4.08. The van der Waals surface area contributed by atoms with E-state index in [1.165, 1.54) is 205 Å². The number of likely N-dealkylation sites (N-methyl/N-ethyl adjacent to an activating group) is 1. The second-order valence-electron chi connectivity index (χ2n) is 22.8. The minimum absolute atomic E-state index is 0.0720. The van der Waals surface area contributed by atoms with Gasteiger partial charge in [0.2, 0.25) is 5.91 Å². The van der Waals surface area contributed by atoms with Crippen molar-refractivity contribution in [3.05, 3.63) is 48.6 Å². The van der Waals surface area contributed by atoms with E-state index in [0.29, 0.717) is 23.9 Å². The molecule has 0 saturated heterocycles. The summed E-state index contributed by atoms with van der Waals surface area (Å²) in [4.78, 5) is 23.4. The van der Waals surface area contributed by atoms with Gasteiger partial charge in [-0.3, -0.25) is 13.8 Å². The Hall–Kier alpha value is -1.54. The number of nitrogens with one attached hydrogen (secondary N) is 1. The van der Waals surface area contributed by atoms with Gasteiger partial charge in [0.15, 0.2) is 0 Å². The average molecular weight is 1050 g/mol. The fourth-order valence-electron chi connectivity index (χ4n) is 9.45. The number of carbonyl (C=O) groups excluding carboxylic acids is 1. The van der Waals surface area contributed by atoms with Crippen molar-refractivity contribution in [2.24, 2.45) is 0 Å². The number of hydrogen-bond donors (Lipinski definition) is 3. The monoisotopic (exact) mass is 1050 g/mol. The number of hydrogen-bond acceptors (Lipinski definition) is 5. The van der Waals surface area contributed by atoms with Crippen molar-refractivity contribution in [2.75, 3.05) is 40.9 Å². The number of amides is 1. The molecule has 3 atom stereocenters. The maximum atomic E-state index is 13.0. The molecule has 0 aliphatic rings. The van der Waals surface area contributed by atoms with Gasteiger partial charge in [0.1, 0.15) is 13.2 Å². The summed E-state index contributed by atoms with van der Waals surface area (Å²) >= 11 is 0. The molecule has 0 aromatic carbocycles. The van der Waals surface area contributed by atoms with Crippen LogP contribution in [-0.2, 0) is 18.4 Å². The molecule has 9 heteroatoms.